The Bertz CT molecular complexity index is 785. The number of imidazole rings is 1. The number of sulfonamides is 1. The van der Waals surface area contributed by atoms with Crippen LogP contribution in [-0.2, 0) is 21.4 Å². The van der Waals surface area contributed by atoms with Gasteiger partial charge in [0.1, 0.15) is 0 Å². The number of para-hydroxylation sites is 2. The molecule has 0 saturated carbocycles. The standard InChI is InChI=1S/C16H24N4O3S/c1-3-24(22,23)19(2)11-6-10-17-16(21)9-12-20-13-18-14-7-4-5-8-15(14)20/h4-5,7-8,13H,3,6,9-12H2,1-2H3,(H,17,21). The van der Waals surface area contributed by atoms with Gasteiger partial charge in [0, 0.05) is 33.1 Å². The van der Waals surface area contributed by atoms with Crippen molar-refractivity contribution in [1.29, 1.82) is 0 Å². The Labute approximate surface area is 142 Å². The van der Waals surface area contributed by atoms with Gasteiger partial charge in [-0.25, -0.2) is 17.7 Å². The van der Waals surface area contributed by atoms with Gasteiger partial charge in [-0.3, -0.25) is 4.79 Å². The van der Waals surface area contributed by atoms with Crippen LogP contribution in [0.25, 0.3) is 11.0 Å². The number of nitrogens with zero attached hydrogens (tertiary/aromatic N) is 3. The molecule has 1 N–H and O–H groups in total. The molecule has 0 bridgehead atoms. The number of rotatable bonds is 9. The first-order valence-electron chi connectivity index (χ1n) is 8.04. The summed E-state index contributed by atoms with van der Waals surface area (Å²) in [6.45, 7) is 3.06. The van der Waals surface area contributed by atoms with E-state index in [2.05, 4.69) is 10.3 Å². The Hall–Kier alpha value is -1.93. The quantitative estimate of drug-likeness (QED) is 0.688. The molecule has 0 saturated heterocycles. The number of aryl methyl sites for hydroxylation is 1. The Morgan fingerprint density at radius 3 is 2.83 bits per heavy atom. The monoisotopic (exact) mass is 352 g/mol. The molecule has 0 fully saturated rings. The van der Waals surface area contributed by atoms with E-state index in [4.69, 9.17) is 0 Å². The zero-order valence-corrected chi connectivity index (χ0v) is 14.9. The summed E-state index contributed by atoms with van der Waals surface area (Å²) in [4.78, 5) is 16.2. The van der Waals surface area contributed by atoms with Crippen LogP contribution < -0.4 is 5.32 Å². The van der Waals surface area contributed by atoms with E-state index in [-0.39, 0.29) is 11.7 Å². The highest BCUT2D eigenvalue weighted by atomic mass is 32.2. The average Bonchev–Trinajstić information content (AvgIpc) is 2.99. The Kier molecular flexibility index (Phi) is 6.33. The summed E-state index contributed by atoms with van der Waals surface area (Å²) in [5.74, 6) is 0.0446. The Morgan fingerprint density at radius 1 is 1.33 bits per heavy atom. The predicted molar refractivity (Wildman–Crippen MR) is 94.1 cm³/mol. The van der Waals surface area contributed by atoms with Crippen molar-refractivity contribution in [3.63, 3.8) is 0 Å². The van der Waals surface area contributed by atoms with Crippen molar-refractivity contribution in [3.8, 4) is 0 Å². The first-order chi connectivity index (χ1) is 11.4. The topological polar surface area (TPSA) is 84.3 Å². The molecule has 0 aliphatic heterocycles. The fraction of sp³-hybridized carbons (Fsp3) is 0.500. The molecule has 2 rings (SSSR count). The highest BCUT2D eigenvalue weighted by Crippen LogP contribution is 2.11. The molecule has 2 aromatic rings. The summed E-state index contributed by atoms with van der Waals surface area (Å²) < 4.78 is 26.5. The van der Waals surface area contributed by atoms with Gasteiger partial charge >= 0.3 is 0 Å². The van der Waals surface area contributed by atoms with Crippen molar-refractivity contribution >= 4 is 27.0 Å². The number of nitrogens with one attached hydrogen (secondary N) is 1. The lowest BCUT2D eigenvalue weighted by Crippen LogP contribution is -2.32. The number of fused-ring (bicyclic) bond motifs is 1. The smallest absolute Gasteiger partial charge is 0.221 e. The van der Waals surface area contributed by atoms with E-state index >= 15 is 0 Å². The Balaban J connectivity index is 1.71. The van der Waals surface area contributed by atoms with E-state index in [1.165, 1.54) is 4.31 Å². The van der Waals surface area contributed by atoms with Gasteiger partial charge in [0.2, 0.25) is 15.9 Å². The normalized spacial score (nSPS) is 12.0. The SMILES string of the molecule is CCS(=O)(=O)N(C)CCCNC(=O)CCn1cnc2ccccc21. The lowest BCUT2D eigenvalue weighted by Gasteiger charge is -2.15. The van der Waals surface area contributed by atoms with Crippen molar-refractivity contribution < 1.29 is 13.2 Å². The molecule has 7 nitrogen and oxygen atoms in total. The molecule has 0 aliphatic carbocycles. The molecule has 0 radical (unpaired) electrons. The first kappa shape index (κ1) is 18.4. The summed E-state index contributed by atoms with van der Waals surface area (Å²) in [6, 6.07) is 7.79. The molecule has 8 heteroatoms. The minimum absolute atomic E-state index is 0.0474. The van der Waals surface area contributed by atoms with Gasteiger partial charge < -0.3 is 9.88 Å². The number of hydrogen-bond acceptors (Lipinski definition) is 4. The number of hydrogen-bond donors (Lipinski definition) is 1. The van der Waals surface area contributed by atoms with Gasteiger partial charge in [0.25, 0.3) is 0 Å². The maximum absolute atomic E-state index is 11.9. The van der Waals surface area contributed by atoms with E-state index in [1.807, 2.05) is 28.8 Å². The third-order valence-electron chi connectivity index (χ3n) is 3.92. The highest BCUT2D eigenvalue weighted by molar-refractivity contribution is 7.89. The number of benzene rings is 1. The molecule has 0 unspecified atom stereocenters. The molecule has 132 valence electrons. The molecule has 0 atom stereocenters. The van der Waals surface area contributed by atoms with Crippen molar-refractivity contribution in [2.24, 2.45) is 0 Å². The zero-order valence-electron chi connectivity index (χ0n) is 14.1. The second kappa shape index (κ2) is 8.25. The molecule has 1 amide bonds. The summed E-state index contributed by atoms with van der Waals surface area (Å²) in [5, 5.41) is 2.82. The molecule has 24 heavy (non-hydrogen) atoms. The van der Waals surface area contributed by atoms with Gasteiger partial charge in [0.15, 0.2) is 0 Å². The summed E-state index contributed by atoms with van der Waals surface area (Å²) in [6.07, 6.45) is 2.70. The zero-order chi connectivity index (χ0) is 17.6. The minimum atomic E-state index is -3.15. The summed E-state index contributed by atoms with van der Waals surface area (Å²) >= 11 is 0. The van der Waals surface area contributed by atoms with E-state index < -0.39 is 10.0 Å². The van der Waals surface area contributed by atoms with Gasteiger partial charge in [-0.15, -0.1) is 0 Å². The van der Waals surface area contributed by atoms with Crippen LogP contribution in [0.5, 0.6) is 0 Å². The van der Waals surface area contributed by atoms with Crippen molar-refractivity contribution in [2.75, 3.05) is 25.9 Å². The highest BCUT2D eigenvalue weighted by Gasteiger charge is 2.14. The molecule has 0 spiro atoms. The van der Waals surface area contributed by atoms with Gasteiger partial charge in [-0.05, 0) is 25.5 Å². The average molecular weight is 352 g/mol. The fourth-order valence-corrected chi connectivity index (χ4v) is 3.24. The van der Waals surface area contributed by atoms with Crippen molar-refractivity contribution in [3.05, 3.63) is 30.6 Å². The Morgan fingerprint density at radius 2 is 2.08 bits per heavy atom. The minimum Gasteiger partial charge on any atom is -0.356 e. The molecular weight excluding hydrogens is 328 g/mol. The number of amides is 1. The summed E-state index contributed by atoms with van der Waals surface area (Å²) in [5.41, 5.74) is 1.93. The van der Waals surface area contributed by atoms with Gasteiger partial charge in [0.05, 0.1) is 23.1 Å². The second-order valence-electron chi connectivity index (χ2n) is 5.60. The van der Waals surface area contributed by atoms with Crippen LogP contribution in [0.1, 0.15) is 19.8 Å². The van der Waals surface area contributed by atoms with Crippen LogP contribution in [0.2, 0.25) is 0 Å². The molecule has 0 aliphatic rings. The lowest BCUT2D eigenvalue weighted by molar-refractivity contribution is -0.121. The second-order valence-corrected chi connectivity index (χ2v) is 7.97. The first-order valence-corrected chi connectivity index (χ1v) is 9.65. The van der Waals surface area contributed by atoms with Crippen LogP contribution in [0.15, 0.2) is 30.6 Å². The van der Waals surface area contributed by atoms with E-state index in [0.717, 1.165) is 11.0 Å². The van der Waals surface area contributed by atoms with E-state index in [9.17, 15) is 13.2 Å². The summed E-state index contributed by atoms with van der Waals surface area (Å²) in [7, 11) is -1.59. The molecule has 1 aromatic carbocycles. The number of aromatic nitrogens is 2. The van der Waals surface area contributed by atoms with Gasteiger partial charge in [-0.2, -0.15) is 0 Å². The number of carbonyl (C=O) groups excluding carboxylic acids is 1. The van der Waals surface area contributed by atoms with Crippen LogP contribution >= 0.6 is 0 Å². The molecular formula is C16H24N4O3S. The van der Waals surface area contributed by atoms with Crippen LogP contribution in [0.3, 0.4) is 0 Å². The fourth-order valence-electron chi connectivity index (χ4n) is 2.39. The van der Waals surface area contributed by atoms with E-state index in [0.29, 0.717) is 32.5 Å². The van der Waals surface area contributed by atoms with Crippen molar-refractivity contribution in [2.45, 2.75) is 26.3 Å². The predicted octanol–water partition coefficient (Wildman–Crippen LogP) is 1.21. The van der Waals surface area contributed by atoms with Crippen LogP contribution in [-0.4, -0.2) is 54.1 Å². The maximum Gasteiger partial charge on any atom is 0.221 e. The van der Waals surface area contributed by atoms with Gasteiger partial charge in [-0.1, -0.05) is 12.1 Å². The largest absolute Gasteiger partial charge is 0.356 e. The molecule has 1 aromatic heterocycles. The van der Waals surface area contributed by atoms with E-state index in [1.54, 1.807) is 20.3 Å². The third-order valence-corrected chi connectivity index (χ3v) is 5.78. The van der Waals surface area contributed by atoms with Crippen molar-refractivity contribution in [1.82, 2.24) is 19.2 Å². The van der Waals surface area contributed by atoms with Crippen LogP contribution in [0.4, 0.5) is 0 Å². The lowest BCUT2D eigenvalue weighted by atomic mass is 10.3. The molecule has 1 heterocycles. The number of carbonyl (C=O) groups is 1. The maximum atomic E-state index is 11.9. The third kappa shape index (κ3) is 4.78. The van der Waals surface area contributed by atoms with Crippen LogP contribution in [0, 0.1) is 0 Å².